The quantitative estimate of drug-likeness (QED) is 0.634. The Labute approximate surface area is 112 Å². The third-order valence-electron chi connectivity index (χ3n) is 2.84. The van der Waals surface area contributed by atoms with Crippen LogP contribution in [0.1, 0.15) is 26.3 Å². The normalized spacial score (nSPS) is 11.9. The molecule has 1 aromatic rings. The molecule has 0 fully saturated rings. The lowest BCUT2D eigenvalue weighted by atomic mass is 10.00. The van der Waals surface area contributed by atoms with Crippen LogP contribution < -0.4 is 5.32 Å². The monoisotopic (exact) mass is 266 g/mol. The van der Waals surface area contributed by atoms with Crippen LogP contribution in [0.3, 0.4) is 0 Å². The summed E-state index contributed by atoms with van der Waals surface area (Å²) in [5.41, 5.74) is 1.29. The molecule has 0 amide bonds. The van der Waals surface area contributed by atoms with Gasteiger partial charge in [0.1, 0.15) is 0 Å². The summed E-state index contributed by atoms with van der Waals surface area (Å²) in [6.45, 7) is 7.70. The van der Waals surface area contributed by atoms with Gasteiger partial charge in [-0.05, 0) is 24.1 Å². The van der Waals surface area contributed by atoms with E-state index in [1.54, 1.807) is 6.07 Å². The number of benzene rings is 1. The summed E-state index contributed by atoms with van der Waals surface area (Å²) >= 11 is 0. The molecule has 104 valence electrons. The zero-order valence-corrected chi connectivity index (χ0v) is 11.4. The number of nitrogens with one attached hydrogen (secondary N) is 1. The molecule has 0 saturated carbocycles. The van der Waals surface area contributed by atoms with Crippen LogP contribution in [-0.2, 0) is 0 Å². The van der Waals surface area contributed by atoms with E-state index in [1.807, 2.05) is 13.0 Å². The number of hydrogen-bond donors (Lipinski definition) is 1. The number of hydrogen-bond acceptors (Lipinski definition) is 3. The van der Waals surface area contributed by atoms with Gasteiger partial charge >= 0.3 is 5.69 Å². The Morgan fingerprint density at radius 1 is 1.53 bits per heavy atom. The summed E-state index contributed by atoms with van der Waals surface area (Å²) in [7, 11) is 0. The summed E-state index contributed by atoms with van der Waals surface area (Å²) in [6.07, 6.45) is 1.87. The van der Waals surface area contributed by atoms with Crippen LogP contribution in [0.15, 0.2) is 23.8 Å². The lowest BCUT2D eigenvalue weighted by Gasteiger charge is -2.12. The predicted molar refractivity (Wildman–Crippen MR) is 74.4 cm³/mol. The average Bonchev–Trinajstić information content (AvgIpc) is 2.35. The summed E-state index contributed by atoms with van der Waals surface area (Å²) < 4.78 is 13.2. The van der Waals surface area contributed by atoms with Gasteiger partial charge in [0.2, 0.25) is 5.82 Å². The first-order valence-electron chi connectivity index (χ1n) is 6.30. The highest BCUT2D eigenvalue weighted by molar-refractivity contribution is 5.57. The zero-order valence-electron chi connectivity index (χ0n) is 11.4. The summed E-state index contributed by atoms with van der Waals surface area (Å²) in [4.78, 5) is 10.00. The smallest absolute Gasteiger partial charge is 0.305 e. The molecule has 0 heterocycles. The van der Waals surface area contributed by atoms with E-state index in [-0.39, 0.29) is 0 Å². The van der Waals surface area contributed by atoms with Crippen LogP contribution in [0.4, 0.5) is 10.1 Å². The molecule has 5 heteroatoms. The molecule has 1 rings (SSSR count). The summed E-state index contributed by atoms with van der Waals surface area (Å²) in [5.74, 6) is -0.483. The number of nitro groups is 1. The molecule has 0 aliphatic rings. The van der Waals surface area contributed by atoms with Crippen LogP contribution in [-0.4, -0.2) is 18.0 Å². The van der Waals surface area contributed by atoms with Crippen molar-refractivity contribution in [1.29, 1.82) is 0 Å². The molecule has 0 radical (unpaired) electrons. The van der Waals surface area contributed by atoms with Gasteiger partial charge in [-0.2, -0.15) is 4.39 Å². The van der Waals surface area contributed by atoms with Crippen molar-refractivity contribution in [3.05, 3.63) is 45.3 Å². The maximum Gasteiger partial charge on any atom is 0.305 e. The Kier molecular flexibility index (Phi) is 5.63. The molecule has 1 N–H and O–H groups in total. The van der Waals surface area contributed by atoms with Crippen molar-refractivity contribution >= 4 is 11.8 Å². The zero-order chi connectivity index (χ0) is 14.4. The van der Waals surface area contributed by atoms with E-state index in [0.717, 1.165) is 24.7 Å². The minimum absolute atomic E-state index is 0.322. The number of halogens is 1. The van der Waals surface area contributed by atoms with Crippen molar-refractivity contribution in [1.82, 2.24) is 5.32 Å². The highest BCUT2D eigenvalue weighted by atomic mass is 19.1. The van der Waals surface area contributed by atoms with E-state index >= 15 is 0 Å². The summed E-state index contributed by atoms with van der Waals surface area (Å²) in [6, 6.07) is 3.95. The lowest BCUT2D eigenvalue weighted by molar-refractivity contribution is -0.387. The molecule has 4 nitrogen and oxygen atoms in total. The highest BCUT2D eigenvalue weighted by Crippen LogP contribution is 2.21. The van der Waals surface area contributed by atoms with E-state index in [2.05, 4.69) is 19.2 Å². The average molecular weight is 266 g/mol. The lowest BCUT2D eigenvalue weighted by Crippen LogP contribution is -2.18. The van der Waals surface area contributed by atoms with Crippen molar-refractivity contribution < 1.29 is 9.31 Å². The first kappa shape index (κ1) is 15.3. The molecule has 0 saturated heterocycles. The second-order valence-corrected chi connectivity index (χ2v) is 4.62. The van der Waals surface area contributed by atoms with Gasteiger partial charge in [0, 0.05) is 12.6 Å². The molecular weight excluding hydrogens is 247 g/mol. The largest absolute Gasteiger partial charge is 0.313 e. The third kappa shape index (κ3) is 4.44. The Bertz CT molecular complexity index is 484. The van der Waals surface area contributed by atoms with Gasteiger partial charge in [-0.3, -0.25) is 10.1 Å². The molecule has 0 bridgehead atoms. The fourth-order valence-corrected chi connectivity index (χ4v) is 1.66. The maximum absolute atomic E-state index is 13.2. The molecule has 0 aromatic heterocycles. The van der Waals surface area contributed by atoms with E-state index in [9.17, 15) is 14.5 Å². The van der Waals surface area contributed by atoms with Crippen LogP contribution in [0.2, 0.25) is 0 Å². The SMILES string of the molecule is CCNC/C(=C/c1ccc(F)c([N+](=O)[O-])c1)C(C)C. The fourth-order valence-electron chi connectivity index (χ4n) is 1.66. The topological polar surface area (TPSA) is 55.2 Å². The number of nitro benzene ring substituents is 1. The van der Waals surface area contributed by atoms with Gasteiger partial charge in [-0.25, -0.2) is 0 Å². The van der Waals surface area contributed by atoms with Gasteiger partial charge in [0.25, 0.3) is 0 Å². The second kappa shape index (κ2) is 6.99. The second-order valence-electron chi connectivity index (χ2n) is 4.62. The highest BCUT2D eigenvalue weighted by Gasteiger charge is 2.14. The van der Waals surface area contributed by atoms with E-state index < -0.39 is 16.4 Å². The van der Waals surface area contributed by atoms with Crippen LogP contribution in [0.25, 0.3) is 6.08 Å². The van der Waals surface area contributed by atoms with Crippen molar-refractivity contribution in [2.24, 2.45) is 5.92 Å². The van der Waals surface area contributed by atoms with E-state index in [1.165, 1.54) is 6.07 Å². The standard InChI is InChI=1S/C14H19FN2O2/c1-4-16-9-12(10(2)3)7-11-5-6-13(15)14(8-11)17(18)19/h5-8,10,16H,4,9H2,1-3H3/b12-7-. The van der Waals surface area contributed by atoms with Crippen LogP contribution in [0, 0.1) is 21.8 Å². The molecule has 0 aliphatic heterocycles. The first-order valence-corrected chi connectivity index (χ1v) is 6.30. The van der Waals surface area contributed by atoms with Gasteiger partial charge in [0.15, 0.2) is 0 Å². The van der Waals surface area contributed by atoms with Crippen molar-refractivity contribution in [2.45, 2.75) is 20.8 Å². The molecule has 0 atom stereocenters. The minimum Gasteiger partial charge on any atom is -0.313 e. The van der Waals surface area contributed by atoms with Gasteiger partial charge in [-0.1, -0.05) is 38.5 Å². The molecule has 0 unspecified atom stereocenters. The molecule has 1 aromatic carbocycles. The Morgan fingerprint density at radius 3 is 2.74 bits per heavy atom. The molecule has 0 aliphatic carbocycles. The van der Waals surface area contributed by atoms with E-state index in [0.29, 0.717) is 11.5 Å². The Balaban J connectivity index is 3.07. The Morgan fingerprint density at radius 2 is 2.21 bits per heavy atom. The van der Waals surface area contributed by atoms with Gasteiger partial charge in [0.05, 0.1) is 4.92 Å². The molecule has 0 spiro atoms. The third-order valence-corrected chi connectivity index (χ3v) is 2.84. The number of likely N-dealkylation sites (N-methyl/N-ethyl adjacent to an activating group) is 1. The maximum atomic E-state index is 13.2. The van der Waals surface area contributed by atoms with Crippen molar-refractivity contribution in [3.63, 3.8) is 0 Å². The summed E-state index contributed by atoms with van der Waals surface area (Å²) in [5, 5.41) is 13.9. The van der Waals surface area contributed by atoms with E-state index in [4.69, 9.17) is 0 Å². The van der Waals surface area contributed by atoms with Crippen LogP contribution in [0.5, 0.6) is 0 Å². The van der Waals surface area contributed by atoms with Gasteiger partial charge in [-0.15, -0.1) is 0 Å². The van der Waals surface area contributed by atoms with Gasteiger partial charge < -0.3 is 5.32 Å². The van der Waals surface area contributed by atoms with Crippen molar-refractivity contribution in [3.8, 4) is 0 Å². The number of rotatable bonds is 6. The predicted octanol–water partition coefficient (Wildman–Crippen LogP) is 3.38. The minimum atomic E-state index is -0.806. The molecule has 19 heavy (non-hydrogen) atoms. The van der Waals surface area contributed by atoms with Crippen molar-refractivity contribution in [2.75, 3.05) is 13.1 Å². The molecular formula is C14H19FN2O2. The number of nitrogens with zero attached hydrogens (tertiary/aromatic N) is 1. The van der Waals surface area contributed by atoms with Crippen LogP contribution >= 0.6 is 0 Å². The fraction of sp³-hybridized carbons (Fsp3) is 0.429. The first-order chi connectivity index (χ1) is 8.95. The Hall–Kier alpha value is -1.75.